The zero-order valence-corrected chi connectivity index (χ0v) is 15.5. The van der Waals surface area contributed by atoms with E-state index < -0.39 is 6.04 Å². The van der Waals surface area contributed by atoms with Gasteiger partial charge in [-0.05, 0) is 51.0 Å². The van der Waals surface area contributed by atoms with Crippen LogP contribution in [-0.4, -0.2) is 38.7 Å². The Labute approximate surface area is 157 Å². The van der Waals surface area contributed by atoms with Crippen LogP contribution in [0.5, 0.6) is 0 Å². The molecule has 0 bridgehead atoms. The fourth-order valence-corrected chi connectivity index (χ4v) is 3.75. The first-order valence-corrected chi connectivity index (χ1v) is 9.61. The first-order chi connectivity index (χ1) is 13.1. The zero-order valence-electron chi connectivity index (χ0n) is 15.5. The van der Waals surface area contributed by atoms with Gasteiger partial charge in [0, 0.05) is 25.2 Å². The summed E-state index contributed by atoms with van der Waals surface area (Å²) in [5.74, 6) is 0.947. The van der Waals surface area contributed by atoms with E-state index in [-0.39, 0.29) is 11.5 Å². The van der Waals surface area contributed by atoms with Gasteiger partial charge in [-0.25, -0.2) is 14.6 Å². The molecule has 1 amide bonds. The first kappa shape index (κ1) is 17.6. The summed E-state index contributed by atoms with van der Waals surface area (Å²) in [6.45, 7) is 3.61. The van der Waals surface area contributed by atoms with Crippen molar-refractivity contribution in [3.8, 4) is 0 Å². The Bertz CT molecular complexity index is 903. The molecule has 2 aliphatic rings. The molecule has 8 nitrogen and oxygen atoms in total. The summed E-state index contributed by atoms with van der Waals surface area (Å²) in [4.78, 5) is 35.7. The predicted molar refractivity (Wildman–Crippen MR) is 102 cm³/mol. The van der Waals surface area contributed by atoms with E-state index in [9.17, 15) is 9.59 Å². The molecule has 1 aliphatic heterocycles. The van der Waals surface area contributed by atoms with Crippen molar-refractivity contribution in [2.45, 2.75) is 51.5 Å². The molecule has 0 radical (unpaired) electrons. The molecule has 3 heterocycles. The van der Waals surface area contributed by atoms with Crippen LogP contribution in [0, 0.1) is 0 Å². The Morgan fingerprint density at radius 1 is 1.11 bits per heavy atom. The quantitative estimate of drug-likeness (QED) is 0.883. The minimum atomic E-state index is -0.711. The number of piperidine rings is 1. The molecule has 1 N–H and O–H groups in total. The van der Waals surface area contributed by atoms with Crippen LogP contribution in [0.1, 0.15) is 49.9 Å². The standard InChI is InChI=1S/C19H24N6O2/c1-13(25-18(26)10-14-6-5-7-15(14)23-25)19(27)22-16-11-17(21-12-20-16)24-8-3-2-4-9-24/h10-13H,2-9H2,1H3,(H,20,21,22,27). The number of carbonyl (C=O) groups is 1. The van der Waals surface area contributed by atoms with Crippen LogP contribution in [0.25, 0.3) is 0 Å². The third-order valence-electron chi connectivity index (χ3n) is 5.31. The molecule has 27 heavy (non-hydrogen) atoms. The number of anilines is 2. The smallest absolute Gasteiger partial charge is 0.267 e. The van der Waals surface area contributed by atoms with Crippen molar-refractivity contribution in [3.63, 3.8) is 0 Å². The van der Waals surface area contributed by atoms with Gasteiger partial charge in [0.05, 0.1) is 5.69 Å². The van der Waals surface area contributed by atoms with E-state index in [0.717, 1.165) is 62.3 Å². The number of nitrogens with zero attached hydrogens (tertiary/aromatic N) is 5. The molecule has 8 heteroatoms. The normalized spacial score (nSPS) is 17.4. The molecule has 1 unspecified atom stereocenters. The molecule has 1 fully saturated rings. The van der Waals surface area contributed by atoms with Gasteiger partial charge in [-0.1, -0.05) is 0 Å². The van der Waals surface area contributed by atoms with Crippen LogP contribution in [0.2, 0.25) is 0 Å². The van der Waals surface area contributed by atoms with Crippen LogP contribution >= 0.6 is 0 Å². The number of aromatic nitrogens is 4. The predicted octanol–water partition coefficient (Wildman–Crippen LogP) is 1.71. The van der Waals surface area contributed by atoms with E-state index in [1.807, 2.05) is 0 Å². The highest BCUT2D eigenvalue weighted by molar-refractivity contribution is 5.92. The Kier molecular flexibility index (Phi) is 4.87. The maximum Gasteiger partial charge on any atom is 0.267 e. The molecule has 2 aromatic rings. The van der Waals surface area contributed by atoms with Gasteiger partial charge in [0.2, 0.25) is 5.91 Å². The fourth-order valence-electron chi connectivity index (χ4n) is 3.75. The van der Waals surface area contributed by atoms with E-state index in [1.165, 1.54) is 17.4 Å². The third-order valence-corrected chi connectivity index (χ3v) is 5.31. The molecule has 142 valence electrons. The molecule has 1 atom stereocenters. The number of hydrogen-bond donors (Lipinski definition) is 1. The van der Waals surface area contributed by atoms with E-state index >= 15 is 0 Å². The lowest BCUT2D eigenvalue weighted by molar-refractivity contribution is -0.119. The summed E-state index contributed by atoms with van der Waals surface area (Å²) in [7, 11) is 0. The topological polar surface area (TPSA) is 93.0 Å². The van der Waals surface area contributed by atoms with E-state index in [4.69, 9.17) is 0 Å². The molecule has 1 aliphatic carbocycles. The number of rotatable bonds is 4. The number of hydrogen-bond acceptors (Lipinski definition) is 6. The average molecular weight is 368 g/mol. The van der Waals surface area contributed by atoms with Crippen LogP contribution in [0.4, 0.5) is 11.6 Å². The number of amides is 1. The van der Waals surface area contributed by atoms with Crippen molar-refractivity contribution in [2.24, 2.45) is 0 Å². The monoisotopic (exact) mass is 368 g/mol. The van der Waals surface area contributed by atoms with E-state index in [1.54, 1.807) is 19.1 Å². The molecule has 0 aromatic carbocycles. The van der Waals surface area contributed by atoms with Gasteiger partial charge < -0.3 is 10.2 Å². The van der Waals surface area contributed by atoms with Crippen molar-refractivity contribution in [3.05, 3.63) is 40.1 Å². The van der Waals surface area contributed by atoms with Gasteiger partial charge in [0.15, 0.2) is 0 Å². The van der Waals surface area contributed by atoms with Gasteiger partial charge in [0.25, 0.3) is 5.56 Å². The minimum Gasteiger partial charge on any atom is -0.356 e. The molecule has 4 rings (SSSR count). The number of carbonyl (C=O) groups excluding carboxylic acids is 1. The largest absolute Gasteiger partial charge is 0.356 e. The lowest BCUT2D eigenvalue weighted by atomic mass is 10.1. The van der Waals surface area contributed by atoms with Gasteiger partial charge >= 0.3 is 0 Å². The maximum absolute atomic E-state index is 12.7. The van der Waals surface area contributed by atoms with E-state index in [2.05, 4.69) is 25.3 Å². The SMILES string of the molecule is CC(C(=O)Nc1cc(N2CCCCC2)ncn1)n1nc2c(cc1=O)CCC2. The lowest BCUT2D eigenvalue weighted by Gasteiger charge is -2.27. The van der Waals surface area contributed by atoms with Crippen LogP contribution in [0.15, 0.2) is 23.3 Å². The molecular weight excluding hydrogens is 344 g/mol. The number of nitrogens with one attached hydrogen (secondary N) is 1. The summed E-state index contributed by atoms with van der Waals surface area (Å²) < 4.78 is 1.27. The molecule has 2 aromatic heterocycles. The van der Waals surface area contributed by atoms with Gasteiger partial charge in [-0.2, -0.15) is 5.10 Å². The summed E-state index contributed by atoms with van der Waals surface area (Å²) in [5, 5.41) is 7.21. The maximum atomic E-state index is 12.7. The Morgan fingerprint density at radius 2 is 1.93 bits per heavy atom. The highest BCUT2D eigenvalue weighted by Crippen LogP contribution is 2.20. The Morgan fingerprint density at radius 3 is 2.74 bits per heavy atom. The fraction of sp³-hybridized carbons (Fsp3) is 0.526. The van der Waals surface area contributed by atoms with Gasteiger partial charge in [-0.15, -0.1) is 0 Å². The highest BCUT2D eigenvalue weighted by atomic mass is 16.2. The Hall–Kier alpha value is -2.77. The minimum absolute atomic E-state index is 0.241. The third kappa shape index (κ3) is 3.70. The number of fused-ring (bicyclic) bond motifs is 1. The van der Waals surface area contributed by atoms with Crippen molar-refractivity contribution >= 4 is 17.5 Å². The van der Waals surface area contributed by atoms with E-state index in [0.29, 0.717) is 5.82 Å². The Balaban J connectivity index is 1.50. The summed E-state index contributed by atoms with van der Waals surface area (Å²) in [6.07, 6.45) is 7.75. The molecule has 0 spiro atoms. The van der Waals surface area contributed by atoms with Crippen molar-refractivity contribution < 1.29 is 4.79 Å². The average Bonchev–Trinajstić information content (AvgIpc) is 3.15. The summed E-state index contributed by atoms with van der Waals surface area (Å²) in [6, 6.07) is 2.68. The second kappa shape index (κ2) is 7.46. The second-order valence-corrected chi connectivity index (χ2v) is 7.23. The summed E-state index contributed by atoms with van der Waals surface area (Å²) in [5.41, 5.74) is 1.68. The number of aryl methyl sites for hydroxylation is 2. The van der Waals surface area contributed by atoms with Crippen molar-refractivity contribution in [1.29, 1.82) is 0 Å². The molecular formula is C19H24N6O2. The molecule has 1 saturated heterocycles. The zero-order chi connectivity index (χ0) is 18.8. The van der Waals surface area contributed by atoms with Gasteiger partial charge in [-0.3, -0.25) is 9.59 Å². The van der Waals surface area contributed by atoms with Crippen LogP contribution in [-0.2, 0) is 17.6 Å². The molecule has 0 saturated carbocycles. The second-order valence-electron chi connectivity index (χ2n) is 7.23. The van der Waals surface area contributed by atoms with Crippen LogP contribution < -0.4 is 15.8 Å². The first-order valence-electron chi connectivity index (χ1n) is 9.61. The van der Waals surface area contributed by atoms with Crippen molar-refractivity contribution in [1.82, 2.24) is 19.7 Å². The summed E-state index contributed by atoms with van der Waals surface area (Å²) >= 11 is 0. The van der Waals surface area contributed by atoms with Gasteiger partial charge in [0.1, 0.15) is 24.0 Å². The highest BCUT2D eigenvalue weighted by Gasteiger charge is 2.22. The lowest BCUT2D eigenvalue weighted by Crippen LogP contribution is -2.34. The van der Waals surface area contributed by atoms with Crippen LogP contribution in [0.3, 0.4) is 0 Å². The van der Waals surface area contributed by atoms with Crippen molar-refractivity contribution in [2.75, 3.05) is 23.3 Å².